The van der Waals surface area contributed by atoms with Gasteiger partial charge in [-0.3, -0.25) is 0 Å². The fourth-order valence-corrected chi connectivity index (χ4v) is 0.881. The van der Waals surface area contributed by atoms with Crippen LogP contribution in [0.25, 0.3) is 0 Å². The second-order valence-corrected chi connectivity index (χ2v) is 3.04. The minimum atomic E-state index is -0.0775. The summed E-state index contributed by atoms with van der Waals surface area (Å²) < 4.78 is 5.52. The van der Waals surface area contributed by atoms with Crippen LogP contribution in [-0.4, -0.2) is 44.2 Å². The monoisotopic (exact) mass is 130 g/mol. The van der Waals surface area contributed by atoms with E-state index in [0.29, 0.717) is 13.2 Å². The van der Waals surface area contributed by atoms with Crippen LogP contribution in [0.4, 0.5) is 0 Å². The van der Waals surface area contributed by atoms with Gasteiger partial charge in [0.05, 0.1) is 14.1 Å². The van der Waals surface area contributed by atoms with Crippen molar-refractivity contribution in [1.82, 2.24) is 0 Å². The van der Waals surface area contributed by atoms with Gasteiger partial charge >= 0.3 is 5.97 Å². The molecule has 1 saturated heterocycles. The van der Waals surface area contributed by atoms with Gasteiger partial charge in [-0.15, -0.1) is 0 Å². The maximum Gasteiger partial charge on any atom is 0.361 e. The average molecular weight is 130 g/mol. The number of nitrogens with zero attached hydrogens (tertiary/aromatic N) is 1. The lowest BCUT2D eigenvalue weighted by Gasteiger charge is -2.31. The second kappa shape index (κ2) is 1.99. The number of rotatable bonds is 0. The van der Waals surface area contributed by atoms with Crippen molar-refractivity contribution in [3.63, 3.8) is 0 Å². The molecule has 3 nitrogen and oxygen atoms in total. The Balaban J connectivity index is 2.51. The predicted molar refractivity (Wildman–Crippen MR) is 32.8 cm³/mol. The Kier molecular flexibility index (Phi) is 1.45. The van der Waals surface area contributed by atoms with Crippen LogP contribution in [-0.2, 0) is 9.53 Å². The smallest absolute Gasteiger partial charge is 0.361 e. The molecular weight excluding hydrogens is 118 g/mol. The molecule has 9 heavy (non-hydrogen) atoms. The summed E-state index contributed by atoms with van der Waals surface area (Å²) in [5.74, 6) is -0.0775. The van der Waals surface area contributed by atoms with Crippen LogP contribution in [0.15, 0.2) is 0 Å². The van der Waals surface area contributed by atoms with Gasteiger partial charge in [0, 0.05) is 0 Å². The van der Waals surface area contributed by atoms with E-state index in [1.807, 2.05) is 14.1 Å². The highest BCUT2D eigenvalue weighted by molar-refractivity contribution is 5.70. The molecule has 1 rings (SSSR count). The zero-order chi connectivity index (χ0) is 6.91. The van der Waals surface area contributed by atoms with E-state index in [1.165, 1.54) is 0 Å². The Bertz CT molecular complexity index is 131. The zero-order valence-electron chi connectivity index (χ0n) is 5.89. The number of quaternary nitrogens is 1. The van der Waals surface area contributed by atoms with Crippen LogP contribution in [0.2, 0.25) is 0 Å². The number of esters is 1. The summed E-state index contributed by atoms with van der Waals surface area (Å²) in [5, 5.41) is 0. The normalized spacial score (nSPS) is 25.3. The van der Waals surface area contributed by atoms with Crippen LogP contribution in [0, 0.1) is 0 Å². The third kappa shape index (κ3) is 1.68. The van der Waals surface area contributed by atoms with Crippen LogP contribution in [0.3, 0.4) is 0 Å². The van der Waals surface area contributed by atoms with Gasteiger partial charge < -0.3 is 9.22 Å². The quantitative estimate of drug-likeness (QED) is 0.330. The number of hydrogen-bond acceptors (Lipinski definition) is 2. The largest absolute Gasteiger partial charge is 0.456 e. The molecule has 0 bridgehead atoms. The van der Waals surface area contributed by atoms with Crippen LogP contribution < -0.4 is 0 Å². The van der Waals surface area contributed by atoms with E-state index in [9.17, 15) is 4.79 Å². The van der Waals surface area contributed by atoms with Crippen molar-refractivity contribution >= 4 is 5.97 Å². The Labute approximate surface area is 54.8 Å². The van der Waals surface area contributed by atoms with E-state index in [1.54, 1.807) is 0 Å². The fourth-order valence-electron chi connectivity index (χ4n) is 0.881. The molecule has 0 aromatic carbocycles. The van der Waals surface area contributed by atoms with Crippen LogP contribution >= 0.6 is 0 Å². The Hall–Kier alpha value is -0.570. The molecule has 1 aliphatic rings. The number of cyclic esters (lactones) is 1. The van der Waals surface area contributed by atoms with Crippen molar-refractivity contribution in [2.24, 2.45) is 0 Å². The molecule has 1 heterocycles. The number of ether oxygens (including phenoxy) is 1. The summed E-state index contributed by atoms with van der Waals surface area (Å²) >= 11 is 0. The van der Waals surface area contributed by atoms with E-state index in [4.69, 9.17) is 4.74 Å². The molecule has 52 valence electrons. The minimum absolute atomic E-state index is 0.0775. The topological polar surface area (TPSA) is 26.3 Å². The van der Waals surface area contributed by atoms with Crippen molar-refractivity contribution in [1.29, 1.82) is 0 Å². The summed E-state index contributed by atoms with van der Waals surface area (Å²) in [6.45, 7) is 2.03. The second-order valence-electron chi connectivity index (χ2n) is 3.04. The van der Waals surface area contributed by atoms with Crippen LogP contribution in [0.1, 0.15) is 0 Å². The molecule has 1 aliphatic heterocycles. The summed E-state index contributed by atoms with van der Waals surface area (Å²) in [7, 11) is 4.06. The summed E-state index contributed by atoms with van der Waals surface area (Å²) in [5.41, 5.74) is 0. The van der Waals surface area contributed by atoms with Gasteiger partial charge in [-0.1, -0.05) is 0 Å². The van der Waals surface area contributed by atoms with E-state index in [0.717, 1.165) is 11.0 Å². The lowest BCUT2D eigenvalue weighted by Crippen LogP contribution is -2.50. The molecule has 0 atom stereocenters. The van der Waals surface area contributed by atoms with Gasteiger partial charge in [0.25, 0.3) is 0 Å². The van der Waals surface area contributed by atoms with E-state index in [2.05, 4.69) is 0 Å². The number of morpholine rings is 1. The highest BCUT2D eigenvalue weighted by Crippen LogP contribution is 2.02. The first kappa shape index (κ1) is 6.55. The Morgan fingerprint density at radius 1 is 1.56 bits per heavy atom. The highest BCUT2D eigenvalue weighted by atomic mass is 16.5. The van der Waals surface area contributed by atoms with Gasteiger partial charge in [-0.05, 0) is 0 Å². The zero-order valence-corrected chi connectivity index (χ0v) is 5.89. The molecule has 0 N–H and O–H groups in total. The van der Waals surface area contributed by atoms with E-state index in [-0.39, 0.29) is 5.97 Å². The molecule has 0 aromatic heterocycles. The van der Waals surface area contributed by atoms with Gasteiger partial charge in [-0.2, -0.15) is 0 Å². The first-order valence-electron chi connectivity index (χ1n) is 3.08. The molecule has 1 fully saturated rings. The van der Waals surface area contributed by atoms with Crippen molar-refractivity contribution in [3.8, 4) is 0 Å². The minimum Gasteiger partial charge on any atom is -0.456 e. The number of carbonyl (C=O) groups excluding carboxylic acids is 1. The lowest BCUT2D eigenvalue weighted by molar-refractivity contribution is -0.887. The summed E-state index contributed by atoms with van der Waals surface area (Å²) in [4.78, 5) is 10.6. The van der Waals surface area contributed by atoms with E-state index >= 15 is 0 Å². The van der Waals surface area contributed by atoms with Gasteiger partial charge in [0.15, 0.2) is 6.54 Å². The molecule has 0 unspecified atom stereocenters. The van der Waals surface area contributed by atoms with E-state index < -0.39 is 0 Å². The Morgan fingerprint density at radius 2 is 2.22 bits per heavy atom. The SMILES string of the molecule is C[N+]1(C)CCOC(=O)C1. The molecule has 0 amide bonds. The molecule has 0 aliphatic carbocycles. The van der Waals surface area contributed by atoms with Crippen LogP contribution in [0.5, 0.6) is 0 Å². The fraction of sp³-hybridized carbons (Fsp3) is 0.833. The van der Waals surface area contributed by atoms with Crippen molar-refractivity contribution in [2.45, 2.75) is 0 Å². The van der Waals surface area contributed by atoms with Gasteiger partial charge in [0.2, 0.25) is 0 Å². The first-order chi connectivity index (χ1) is 4.10. The van der Waals surface area contributed by atoms with Gasteiger partial charge in [-0.25, -0.2) is 4.79 Å². The van der Waals surface area contributed by atoms with Crippen molar-refractivity contribution < 1.29 is 14.0 Å². The van der Waals surface area contributed by atoms with Crippen molar-refractivity contribution in [3.05, 3.63) is 0 Å². The lowest BCUT2D eigenvalue weighted by atomic mass is 10.4. The summed E-state index contributed by atoms with van der Waals surface area (Å²) in [6.07, 6.45) is 0. The summed E-state index contributed by atoms with van der Waals surface area (Å²) in [6, 6.07) is 0. The number of carbonyl (C=O) groups is 1. The maximum absolute atomic E-state index is 10.6. The number of hydrogen-bond donors (Lipinski definition) is 0. The number of likely N-dealkylation sites (N-methyl/N-ethyl adjacent to an activating group) is 1. The standard InChI is InChI=1S/C6H12NO2/c1-7(2)3-4-9-6(8)5-7/h3-5H2,1-2H3/q+1. The van der Waals surface area contributed by atoms with Gasteiger partial charge in [0.1, 0.15) is 13.2 Å². The molecule has 0 radical (unpaired) electrons. The molecule has 0 saturated carbocycles. The van der Waals surface area contributed by atoms with Crippen molar-refractivity contribution in [2.75, 3.05) is 33.8 Å². The highest BCUT2D eigenvalue weighted by Gasteiger charge is 2.25. The Morgan fingerprint density at radius 3 is 2.56 bits per heavy atom. The maximum atomic E-state index is 10.6. The molecular formula is C6H12NO2+. The molecule has 0 spiro atoms. The first-order valence-corrected chi connectivity index (χ1v) is 3.08. The third-order valence-electron chi connectivity index (χ3n) is 1.52. The average Bonchev–Trinajstić information content (AvgIpc) is 1.60. The third-order valence-corrected chi connectivity index (χ3v) is 1.52. The predicted octanol–water partition coefficient (Wildman–Crippen LogP) is -0.380. The molecule has 3 heteroatoms. The molecule has 0 aromatic rings.